The molecule has 0 N–H and O–H groups in total. The Bertz CT molecular complexity index is 3480. The lowest BCUT2D eigenvalue weighted by atomic mass is 10.0. The van der Waals surface area contributed by atoms with Crippen LogP contribution in [0.15, 0.2) is 253 Å². The van der Waals surface area contributed by atoms with E-state index in [0.717, 1.165) is 84.0 Å². The van der Waals surface area contributed by atoms with Gasteiger partial charge in [0.15, 0.2) is 0 Å². The molecule has 302 valence electrons. The second-order valence-corrected chi connectivity index (χ2v) is 16.1. The van der Waals surface area contributed by atoms with Crippen molar-refractivity contribution in [2.45, 2.75) is 0 Å². The van der Waals surface area contributed by atoms with Crippen LogP contribution in [0.3, 0.4) is 0 Å². The second kappa shape index (κ2) is 15.7. The summed E-state index contributed by atoms with van der Waals surface area (Å²) < 4.78 is 8.81. The molecule has 64 heavy (non-hydrogen) atoms. The molecule has 0 unspecified atom stereocenters. The van der Waals surface area contributed by atoms with Gasteiger partial charge in [-0.25, -0.2) is 0 Å². The topological polar surface area (TPSA) is 24.6 Å². The SMILES string of the molecule is c1ccc(N(c2ccccc2)c2ccc(-c3ccc(N(c4ccc(-c5cccc6c5oc5ccccc56)cc4)c4ccc(-n5c6ccccc6c6ccccc65)cc4)cc3)cc2)cc1. The fraction of sp³-hybridized carbons (Fsp3) is 0. The molecule has 10 aromatic carbocycles. The normalized spacial score (nSPS) is 11.4. The number of hydrogen-bond acceptors (Lipinski definition) is 3. The van der Waals surface area contributed by atoms with Gasteiger partial charge in [0.05, 0.1) is 11.0 Å². The summed E-state index contributed by atoms with van der Waals surface area (Å²) in [4.78, 5) is 4.63. The molecule has 0 aliphatic carbocycles. The first-order chi connectivity index (χ1) is 31.7. The highest BCUT2D eigenvalue weighted by atomic mass is 16.3. The lowest BCUT2D eigenvalue weighted by Gasteiger charge is -2.26. The first-order valence-corrected chi connectivity index (χ1v) is 21.8. The maximum Gasteiger partial charge on any atom is 0.143 e. The number of hydrogen-bond donors (Lipinski definition) is 0. The molecule has 4 nitrogen and oxygen atoms in total. The summed E-state index contributed by atoms with van der Waals surface area (Å²) in [6.45, 7) is 0. The minimum absolute atomic E-state index is 0.901. The maximum absolute atomic E-state index is 6.44. The van der Waals surface area contributed by atoms with E-state index in [9.17, 15) is 0 Å². The third-order valence-corrected chi connectivity index (χ3v) is 12.4. The summed E-state index contributed by atoms with van der Waals surface area (Å²) in [6.07, 6.45) is 0. The van der Waals surface area contributed by atoms with Crippen molar-refractivity contribution in [3.8, 4) is 27.9 Å². The molecule has 12 aromatic rings. The van der Waals surface area contributed by atoms with Gasteiger partial charge in [0.25, 0.3) is 0 Å². The minimum atomic E-state index is 0.901. The van der Waals surface area contributed by atoms with Crippen LogP contribution < -0.4 is 9.80 Å². The fourth-order valence-corrected chi connectivity index (χ4v) is 9.37. The van der Waals surface area contributed by atoms with E-state index in [4.69, 9.17) is 4.42 Å². The highest BCUT2D eigenvalue weighted by Gasteiger charge is 2.18. The predicted octanol–water partition coefficient (Wildman–Crippen LogP) is 17.0. The minimum Gasteiger partial charge on any atom is -0.455 e. The van der Waals surface area contributed by atoms with E-state index >= 15 is 0 Å². The summed E-state index contributed by atoms with van der Waals surface area (Å²) in [6, 6.07) is 88.6. The summed E-state index contributed by atoms with van der Waals surface area (Å²) in [5, 5.41) is 4.76. The van der Waals surface area contributed by atoms with E-state index in [0.29, 0.717) is 0 Å². The van der Waals surface area contributed by atoms with Gasteiger partial charge < -0.3 is 18.8 Å². The zero-order chi connectivity index (χ0) is 42.4. The third-order valence-electron chi connectivity index (χ3n) is 12.4. The van der Waals surface area contributed by atoms with Gasteiger partial charge in [-0.1, -0.05) is 146 Å². The molecule has 0 atom stereocenters. The average molecular weight is 820 g/mol. The number of aromatic nitrogens is 1. The highest BCUT2D eigenvalue weighted by Crippen LogP contribution is 2.41. The Kier molecular flexibility index (Phi) is 9.12. The zero-order valence-corrected chi connectivity index (χ0v) is 34.9. The van der Waals surface area contributed by atoms with E-state index in [1.165, 1.54) is 21.8 Å². The van der Waals surface area contributed by atoms with Crippen molar-refractivity contribution < 1.29 is 4.42 Å². The Hall–Kier alpha value is -8.60. The van der Waals surface area contributed by atoms with Crippen molar-refractivity contribution in [3.63, 3.8) is 0 Å². The van der Waals surface area contributed by atoms with Crippen LogP contribution in [-0.4, -0.2) is 4.57 Å². The molecular weight excluding hydrogens is 779 g/mol. The molecule has 2 heterocycles. The van der Waals surface area contributed by atoms with Crippen LogP contribution in [0, 0.1) is 0 Å². The van der Waals surface area contributed by atoms with Crippen LogP contribution in [0.25, 0.3) is 71.7 Å². The maximum atomic E-state index is 6.44. The van der Waals surface area contributed by atoms with E-state index < -0.39 is 0 Å². The predicted molar refractivity (Wildman–Crippen MR) is 268 cm³/mol. The van der Waals surface area contributed by atoms with Crippen LogP contribution >= 0.6 is 0 Å². The number of anilines is 6. The summed E-state index contributed by atoms with van der Waals surface area (Å²) in [5.41, 5.74) is 16.3. The van der Waals surface area contributed by atoms with Crippen molar-refractivity contribution in [2.24, 2.45) is 0 Å². The Morgan fingerprint density at radius 3 is 1.19 bits per heavy atom. The largest absolute Gasteiger partial charge is 0.455 e. The molecule has 0 bridgehead atoms. The van der Waals surface area contributed by atoms with Crippen LogP contribution in [0.2, 0.25) is 0 Å². The summed E-state index contributed by atoms with van der Waals surface area (Å²) in [5.74, 6) is 0. The van der Waals surface area contributed by atoms with Crippen molar-refractivity contribution in [2.75, 3.05) is 9.80 Å². The van der Waals surface area contributed by atoms with Gasteiger partial charge in [-0.05, 0) is 120 Å². The number of para-hydroxylation sites is 6. The quantitative estimate of drug-likeness (QED) is 0.145. The Morgan fingerprint density at radius 1 is 0.281 bits per heavy atom. The number of rotatable bonds is 9. The lowest BCUT2D eigenvalue weighted by molar-refractivity contribution is 0.670. The van der Waals surface area contributed by atoms with Crippen molar-refractivity contribution in [3.05, 3.63) is 249 Å². The van der Waals surface area contributed by atoms with Gasteiger partial charge in [-0.15, -0.1) is 0 Å². The van der Waals surface area contributed by atoms with E-state index in [1.54, 1.807) is 0 Å². The molecule has 0 saturated heterocycles. The average Bonchev–Trinajstić information content (AvgIpc) is 3.92. The smallest absolute Gasteiger partial charge is 0.143 e. The number of nitrogens with zero attached hydrogens (tertiary/aromatic N) is 3. The van der Waals surface area contributed by atoms with Crippen LogP contribution in [0.5, 0.6) is 0 Å². The van der Waals surface area contributed by atoms with Crippen LogP contribution in [0.1, 0.15) is 0 Å². The molecule has 0 spiro atoms. The molecule has 4 heteroatoms. The number of fused-ring (bicyclic) bond motifs is 6. The highest BCUT2D eigenvalue weighted by molar-refractivity contribution is 6.10. The molecule has 0 fully saturated rings. The van der Waals surface area contributed by atoms with Crippen molar-refractivity contribution >= 4 is 77.9 Å². The Labute approximate surface area is 371 Å². The van der Waals surface area contributed by atoms with E-state index in [2.05, 4.69) is 251 Å². The number of benzene rings is 10. The van der Waals surface area contributed by atoms with E-state index in [-0.39, 0.29) is 0 Å². The summed E-state index contributed by atoms with van der Waals surface area (Å²) in [7, 11) is 0. The molecule has 12 rings (SSSR count). The third kappa shape index (κ3) is 6.48. The molecule has 0 aliphatic heterocycles. The molecule has 0 radical (unpaired) electrons. The first kappa shape index (κ1) is 37.2. The van der Waals surface area contributed by atoms with Gasteiger partial charge >= 0.3 is 0 Å². The van der Waals surface area contributed by atoms with Gasteiger partial charge in [0.1, 0.15) is 11.2 Å². The lowest BCUT2D eigenvalue weighted by Crippen LogP contribution is -2.10. The Morgan fingerprint density at radius 2 is 0.672 bits per heavy atom. The molecule has 0 saturated carbocycles. The van der Waals surface area contributed by atoms with Crippen molar-refractivity contribution in [1.82, 2.24) is 4.57 Å². The molecule has 0 aliphatic rings. The van der Waals surface area contributed by atoms with E-state index in [1.807, 2.05) is 12.1 Å². The van der Waals surface area contributed by atoms with Crippen molar-refractivity contribution in [1.29, 1.82) is 0 Å². The molecule has 2 aromatic heterocycles. The fourth-order valence-electron chi connectivity index (χ4n) is 9.37. The van der Waals surface area contributed by atoms with Gasteiger partial charge in [-0.3, -0.25) is 0 Å². The van der Waals surface area contributed by atoms with Gasteiger partial charge in [0.2, 0.25) is 0 Å². The van der Waals surface area contributed by atoms with Crippen LogP contribution in [0.4, 0.5) is 34.1 Å². The number of furan rings is 1. The standard InChI is InChI=1S/C60H41N3O/c1-3-14-45(15-4-1)61(46-16-5-2-6-17-46)47-32-26-42(27-33-47)43-28-34-48(35-29-43)62(49-36-30-44(31-37-49)52-21-13-22-56-55-20-9-12-25-59(55)64-60(52)56)50-38-40-51(41-39-50)63-57-23-10-7-18-53(57)54-19-8-11-24-58(54)63/h1-41H. The monoisotopic (exact) mass is 819 g/mol. The summed E-state index contributed by atoms with van der Waals surface area (Å²) >= 11 is 0. The molecular formula is C60H41N3O. The second-order valence-electron chi connectivity index (χ2n) is 16.1. The van der Waals surface area contributed by atoms with Gasteiger partial charge in [0, 0.05) is 66.9 Å². The molecule has 0 amide bonds. The first-order valence-electron chi connectivity index (χ1n) is 21.8. The Balaban J connectivity index is 0.915. The van der Waals surface area contributed by atoms with Gasteiger partial charge in [-0.2, -0.15) is 0 Å². The van der Waals surface area contributed by atoms with Crippen LogP contribution in [-0.2, 0) is 0 Å². The zero-order valence-electron chi connectivity index (χ0n) is 34.9.